The molecule has 0 atom stereocenters. The van der Waals surface area contributed by atoms with Crippen molar-refractivity contribution in [3.63, 3.8) is 0 Å². The lowest BCUT2D eigenvalue weighted by molar-refractivity contribution is -0.148. The summed E-state index contributed by atoms with van der Waals surface area (Å²) in [5, 5.41) is 0. The molecule has 0 aliphatic carbocycles. The lowest BCUT2D eigenvalue weighted by atomic mass is 10.1. The fourth-order valence-corrected chi connectivity index (χ4v) is 2.00. The lowest BCUT2D eigenvalue weighted by Gasteiger charge is -2.20. The zero-order chi connectivity index (χ0) is 16.0. The Morgan fingerprint density at radius 1 is 0.909 bits per heavy atom. The van der Waals surface area contributed by atoms with Crippen LogP contribution >= 0.6 is 0 Å². The van der Waals surface area contributed by atoms with Crippen LogP contribution in [0.4, 0.5) is 0 Å². The molecule has 0 aliphatic heterocycles. The summed E-state index contributed by atoms with van der Waals surface area (Å²) in [5.74, 6) is 6.49. The van der Waals surface area contributed by atoms with Gasteiger partial charge >= 0.3 is 0 Å². The summed E-state index contributed by atoms with van der Waals surface area (Å²) in [6.07, 6.45) is 6.06. The third-order valence-corrected chi connectivity index (χ3v) is 3.35. The van der Waals surface area contributed by atoms with Crippen LogP contribution in [0.1, 0.15) is 76.7 Å². The average molecular weight is 302 g/mol. The van der Waals surface area contributed by atoms with Gasteiger partial charge in [-0.05, 0) is 25.3 Å². The summed E-state index contributed by atoms with van der Waals surface area (Å²) in [6, 6.07) is 8.17. The van der Waals surface area contributed by atoms with Gasteiger partial charge in [-0.1, -0.05) is 63.7 Å². The van der Waals surface area contributed by atoms with Gasteiger partial charge in [-0.2, -0.15) is 0 Å². The Morgan fingerprint density at radius 3 is 2.14 bits per heavy atom. The van der Waals surface area contributed by atoms with E-state index in [-0.39, 0.29) is 6.29 Å². The maximum Gasteiger partial charge on any atom is 0.184 e. The first kappa shape index (κ1) is 18.7. The molecule has 2 heteroatoms. The number of rotatable bonds is 10. The summed E-state index contributed by atoms with van der Waals surface area (Å²) in [6.45, 7) is 7.93. The zero-order valence-electron chi connectivity index (χ0n) is 14.4. The second kappa shape index (κ2) is 12.3. The SMILES string of the molecule is CCCC#Cc1ccccc1C(OCCCC)OCCCC. The van der Waals surface area contributed by atoms with E-state index >= 15 is 0 Å². The molecular weight excluding hydrogens is 272 g/mol. The standard InChI is InChI=1S/C20H30O2/c1-4-7-10-13-18-14-11-12-15-19(18)20(21-16-8-5-2)22-17-9-6-3/h11-12,14-15,20H,4-9,16-17H2,1-3H3. The normalized spacial score (nSPS) is 10.5. The Bertz CT molecular complexity index is 446. The molecule has 0 amide bonds. The highest BCUT2D eigenvalue weighted by molar-refractivity contribution is 5.42. The highest BCUT2D eigenvalue weighted by Gasteiger charge is 2.15. The van der Waals surface area contributed by atoms with Crippen molar-refractivity contribution in [3.8, 4) is 11.8 Å². The van der Waals surface area contributed by atoms with Crippen LogP contribution in [0.2, 0.25) is 0 Å². The van der Waals surface area contributed by atoms with E-state index in [2.05, 4.69) is 44.7 Å². The molecule has 0 aromatic heterocycles. The maximum atomic E-state index is 5.97. The van der Waals surface area contributed by atoms with Crippen LogP contribution in [0.25, 0.3) is 0 Å². The van der Waals surface area contributed by atoms with Gasteiger partial charge in [0.05, 0.1) is 13.2 Å². The van der Waals surface area contributed by atoms with E-state index in [1.165, 1.54) is 0 Å². The molecule has 0 saturated carbocycles. The Kier molecular flexibility index (Phi) is 10.5. The molecule has 1 aromatic carbocycles. The first-order valence-electron chi connectivity index (χ1n) is 8.64. The van der Waals surface area contributed by atoms with Crippen molar-refractivity contribution in [2.75, 3.05) is 13.2 Å². The van der Waals surface area contributed by atoms with Gasteiger partial charge in [0.1, 0.15) is 0 Å². The number of unbranched alkanes of at least 4 members (excludes halogenated alkanes) is 3. The van der Waals surface area contributed by atoms with E-state index in [4.69, 9.17) is 9.47 Å². The minimum Gasteiger partial charge on any atom is -0.348 e. The van der Waals surface area contributed by atoms with Crippen LogP contribution in [0.5, 0.6) is 0 Å². The van der Waals surface area contributed by atoms with E-state index in [0.717, 1.165) is 62.9 Å². The van der Waals surface area contributed by atoms with Gasteiger partial charge in [0.25, 0.3) is 0 Å². The van der Waals surface area contributed by atoms with Crippen molar-refractivity contribution in [1.29, 1.82) is 0 Å². The van der Waals surface area contributed by atoms with Crippen LogP contribution in [0.15, 0.2) is 24.3 Å². The highest BCUT2D eigenvalue weighted by Crippen LogP contribution is 2.23. The predicted octanol–water partition coefficient (Wildman–Crippen LogP) is 5.47. The largest absolute Gasteiger partial charge is 0.348 e. The summed E-state index contributed by atoms with van der Waals surface area (Å²) in [4.78, 5) is 0. The molecule has 0 saturated heterocycles. The van der Waals surface area contributed by atoms with Crippen LogP contribution in [-0.2, 0) is 9.47 Å². The smallest absolute Gasteiger partial charge is 0.184 e. The molecule has 0 unspecified atom stereocenters. The molecule has 0 bridgehead atoms. The third-order valence-electron chi connectivity index (χ3n) is 3.35. The van der Waals surface area contributed by atoms with Crippen molar-refractivity contribution < 1.29 is 9.47 Å². The molecule has 22 heavy (non-hydrogen) atoms. The first-order chi connectivity index (χ1) is 10.8. The maximum absolute atomic E-state index is 5.97. The summed E-state index contributed by atoms with van der Waals surface area (Å²) in [7, 11) is 0. The second-order valence-corrected chi connectivity index (χ2v) is 5.42. The fourth-order valence-electron chi connectivity index (χ4n) is 2.00. The van der Waals surface area contributed by atoms with Crippen LogP contribution in [0, 0.1) is 11.8 Å². The van der Waals surface area contributed by atoms with Gasteiger partial charge in [-0.25, -0.2) is 0 Å². The minimum atomic E-state index is -0.301. The Hall–Kier alpha value is -1.30. The third kappa shape index (κ3) is 7.11. The number of benzene rings is 1. The summed E-state index contributed by atoms with van der Waals surface area (Å²) < 4.78 is 11.9. The molecule has 0 heterocycles. The Labute approximate surface area is 136 Å². The molecule has 0 radical (unpaired) electrons. The molecule has 0 N–H and O–H groups in total. The molecule has 0 spiro atoms. The molecule has 2 nitrogen and oxygen atoms in total. The molecular formula is C20H30O2. The van der Waals surface area contributed by atoms with E-state index in [1.807, 2.05) is 12.1 Å². The van der Waals surface area contributed by atoms with Crippen LogP contribution in [0.3, 0.4) is 0 Å². The van der Waals surface area contributed by atoms with Crippen molar-refractivity contribution >= 4 is 0 Å². The topological polar surface area (TPSA) is 18.5 Å². The average Bonchev–Trinajstić information content (AvgIpc) is 2.55. The van der Waals surface area contributed by atoms with E-state index < -0.39 is 0 Å². The van der Waals surface area contributed by atoms with Crippen molar-refractivity contribution in [2.24, 2.45) is 0 Å². The quantitative estimate of drug-likeness (QED) is 0.324. The lowest BCUT2D eigenvalue weighted by Crippen LogP contribution is -2.12. The van der Waals surface area contributed by atoms with E-state index in [9.17, 15) is 0 Å². The minimum absolute atomic E-state index is 0.301. The van der Waals surface area contributed by atoms with Crippen LogP contribution < -0.4 is 0 Å². The number of hydrogen-bond donors (Lipinski definition) is 0. The zero-order valence-corrected chi connectivity index (χ0v) is 14.4. The van der Waals surface area contributed by atoms with Crippen LogP contribution in [-0.4, -0.2) is 13.2 Å². The molecule has 1 rings (SSSR count). The summed E-state index contributed by atoms with van der Waals surface area (Å²) in [5.41, 5.74) is 2.08. The molecule has 0 aliphatic rings. The fraction of sp³-hybridized carbons (Fsp3) is 0.600. The van der Waals surface area contributed by atoms with Gasteiger partial charge in [0, 0.05) is 17.5 Å². The van der Waals surface area contributed by atoms with Gasteiger partial charge in [0.2, 0.25) is 0 Å². The van der Waals surface area contributed by atoms with E-state index in [1.54, 1.807) is 0 Å². The van der Waals surface area contributed by atoms with Gasteiger partial charge in [-0.3, -0.25) is 0 Å². The number of hydrogen-bond acceptors (Lipinski definition) is 2. The van der Waals surface area contributed by atoms with Crippen molar-refractivity contribution in [3.05, 3.63) is 35.4 Å². The Morgan fingerprint density at radius 2 is 1.55 bits per heavy atom. The first-order valence-corrected chi connectivity index (χ1v) is 8.64. The predicted molar refractivity (Wildman–Crippen MR) is 92.7 cm³/mol. The molecule has 1 aromatic rings. The van der Waals surface area contributed by atoms with Gasteiger partial charge in [-0.15, -0.1) is 0 Å². The van der Waals surface area contributed by atoms with Gasteiger partial charge in [0.15, 0.2) is 6.29 Å². The number of ether oxygens (including phenoxy) is 2. The molecule has 122 valence electrons. The van der Waals surface area contributed by atoms with Gasteiger partial charge < -0.3 is 9.47 Å². The van der Waals surface area contributed by atoms with Crippen molar-refractivity contribution in [1.82, 2.24) is 0 Å². The van der Waals surface area contributed by atoms with Crippen molar-refractivity contribution in [2.45, 2.75) is 65.6 Å². The summed E-state index contributed by atoms with van der Waals surface area (Å²) >= 11 is 0. The molecule has 0 fully saturated rings. The highest BCUT2D eigenvalue weighted by atomic mass is 16.7. The second-order valence-electron chi connectivity index (χ2n) is 5.42. The monoisotopic (exact) mass is 302 g/mol. The van der Waals surface area contributed by atoms with E-state index in [0.29, 0.717) is 0 Å². The Balaban J connectivity index is 2.84.